The molecule has 0 bridgehead atoms. The SMILES string of the molecule is CCCCC[C@@H](C)[C@H](O)CC[C@@H](C)CCC[C@@H](C)CCOC(=O)c1ccccc1. The van der Waals surface area contributed by atoms with E-state index in [9.17, 15) is 9.90 Å². The lowest BCUT2D eigenvalue weighted by Gasteiger charge is -2.21. The van der Waals surface area contributed by atoms with Crippen LogP contribution in [-0.2, 0) is 4.74 Å². The number of carbonyl (C=O) groups is 1. The van der Waals surface area contributed by atoms with E-state index in [0.29, 0.717) is 29.9 Å². The van der Waals surface area contributed by atoms with Gasteiger partial charge in [0.15, 0.2) is 0 Å². The Kier molecular flexibility index (Phi) is 13.7. The molecule has 0 fully saturated rings. The first kappa shape index (κ1) is 25.7. The Bertz CT molecular complexity index is 528. The Hall–Kier alpha value is -1.35. The minimum Gasteiger partial charge on any atom is -0.462 e. The minimum absolute atomic E-state index is 0.146. The summed E-state index contributed by atoms with van der Waals surface area (Å²) in [6.45, 7) is 9.45. The lowest BCUT2D eigenvalue weighted by Crippen LogP contribution is -2.18. The van der Waals surface area contributed by atoms with Crippen LogP contribution in [0.5, 0.6) is 0 Å². The third kappa shape index (κ3) is 12.1. The number of aliphatic hydroxyl groups excluding tert-OH is 1. The zero-order valence-electron chi connectivity index (χ0n) is 19.2. The van der Waals surface area contributed by atoms with Crippen LogP contribution in [0.15, 0.2) is 30.3 Å². The Balaban J connectivity index is 2.08. The molecular formula is C26H44O3. The van der Waals surface area contributed by atoms with Gasteiger partial charge in [0.1, 0.15) is 0 Å². The molecule has 0 aliphatic carbocycles. The predicted octanol–water partition coefficient (Wildman–Crippen LogP) is 7.03. The number of aliphatic hydroxyl groups is 1. The molecule has 1 aromatic rings. The molecule has 0 unspecified atom stereocenters. The number of rotatable bonds is 16. The van der Waals surface area contributed by atoms with Crippen molar-refractivity contribution >= 4 is 5.97 Å². The van der Waals surface area contributed by atoms with Gasteiger partial charge in [-0.3, -0.25) is 0 Å². The van der Waals surface area contributed by atoms with Gasteiger partial charge in [-0.15, -0.1) is 0 Å². The van der Waals surface area contributed by atoms with E-state index in [-0.39, 0.29) is 12.1 Å². The molecule has 0 spiro atoms. The summed E-state index contributed by atoms with van der Waals surface area (Å²) in [6, 6.07) is 9.18. The topological polar surface area (TPSA) is 46.5 Å². The molecule has 0 aliphatic rings. The maximum atomic E-state index is 11.9. The molecule has 3 nitrogen and oxygen atoms in total. The Labute approximate surface area is 179 Å². The number of hydrogen-bond donors (Lipinski definition) is 1. The maximum Gasteiger partial charge on any atom is 0.338 e. The highest BCUT2D eigenvalue weighted by molar-refractivity contribution is 5.89. The fourth-order valence-corrected chi connectivity index (χ4v) is 3.76. The second-order valence-corrected chi connectivity index (χ2v) is 9.05. The molecular weight excluding hydrogens is 360 g/mol. The zero-order valence-corrected chi connectivity index (χ0v) is 19.2. The fraction of sp³-hybridized carbons (Fsp3) is 0.731. The number of benzene rings is 1. The van der Waals surface area contributed by atoms with Gasteiger partial charge in [0.25, 0.3) is 0 Å². The highest BCUT2D eigenvalue weighted by Crippen LogP contribution is 2.22. The van der Waals surface area contributed by atoms with E-state index >= 15 is 0 Å². The molecule has 3 heteroatoms. The van der Waals surface area contributed by atoms with Crippen molar-refractivity contribution in [2.45, 2.75) is 98.0 Å². The van der Waals surface area contributed by atoms with Gasteiger partial charge >= 0.3 is 5.97 Å². The summed E-state index contributed by atoms with van der Waals surface area (Å²) < 4.78 is 5.38. The Morgan fingerprint density at radius 3 is 2.17 bits per heavy atom. The van der Waals surface area contributed by atoms with Gasteiger partial charge in [-0.25, -0.2) is 4.79 Å². The summed E-state index contributed by atoms with van der Waals surface area (Å²) >= 11 is 0. The third-order valence-electron chi connectivity index (χ3n) is 6.12. The highest BCUT2D eigenvalue weighted by Gasteiger charge is 2.15. The first-order chi connectivity index (χ1) is 13.9. The van der Waals surface area contributed by atoms with Gasteiger partial charge in [-0.1, -0.05) is 84.4 Å². The van der Waals surface area contributed by atoms with Crippen molar-refractivity contribution < 1.29 is 14.6 Å². The molecule has 4 atom stereocenters. The summed E-state index contributed by atoms with van der Waals surface area (Å²) in [5.74, 6) is 1.42. The largest absolute Gasteiger partial charge is 0.462 e. The molecule has 29 heavy (non-hydrogen) atoms. The van der Waals surface area contributed by atoms with Gasteiger partial charge in [-0.05, 0) is 55.6 Å². The third-order valence-corrected chi connectivity index (χ3v) is 6.12. The van der Waals surface area contributed by atoms with Gasteiger partial charge in [0.2, 0.25) is 0 Å². The Morgan fingerprint density at radius 1 is 0.862 bits per heavy atom. The van der Waals surface area contributed by atoms with Crippen molar-refractivity contribution in [3.05, 3.63) is 35.9 Å². The zero-order chi connectivity index (χ0) is 21.5. The first-order valence-electron chi connectivity index (χ1n) is 11.8. The van der Waals surface area contributed by atoms with Gasteiger partial charge in [-0.2, -0.15) is 0 Å². The number of carbonyl (C=O) groups excluding carboxylic acids is 1. The molecule has 1 aromatic carbocycles. The minimum atomic E-state index is -0.228. The summed E-state index contributed by atoms with van der Waals surface area (Å²) in [7, 11) is 0. The van der Waals surface area contributed by atoms with Crippen molar-refractivity contribution in [2.75, 3.05) is 6.61 Å². The van der Waals surface area contributed by atoms with Crippen molar-refractivity contribution in [3.63, 3.8) is 0 Å². The second kappa shape index (κ2) is 15.5. The number of unbranched alkanes of at least 4 members (excludes halogenated alkanes) is 2. The van der Waals surface area contributed by atoms with Crippen molar-refractivity contribution in [1.82, 2.24) is 0 Å². The van der Waals surface area contributed by atoms with Crippen LogP contribution in [-0.4, -0.2) is 23.8 Å². The molecule has 1 rings (SSSR count). The Morgan fingerprint density at radius 2 is 1.52 bits per heavy atom. The normalized spacial score (nSPS) is 15.5. The van der Waals surface area contributed by atoms with Crippen molar-refractivity contribution in [2.24, 2.45) is 17.8 Å². The van der Waals surface area contributed by atoms with E-state index in [1.807, 2.05) is 18.2 Å². The quantitative estimate of drug-likeness (QED) is 0.237. The average Bonchev–Trinajstić information content (AvgIpc) is 2.72. The molecule has 0 saturated heterocycles. The summed E-state index contributed by atoms with van der Waals surface area (Å²) in [6.07, 6.45) is 11.3. The van der Waals surface area contributed by atoms with Crippen LogP contribution in [0.1, 0.15) is 102 Å². The predicted molar refractivity (Wildman–Crippen MR) is 122 cm³/mol. The standard InChI is InChI=1S/C26H44O3/c1-5-6-8-14-23(4)25(27)18-17-21(2)12-11-13-22(3)19-20-29-26(28)24-15-9-7-10-16-24/h7,9-10,15-16,21-23,25,27H,5-6,8,11-14,17-20H2,1-4H3/t21-,22+,23+,25+/m0/s1. The fourth-order valence-electron chi connectivity index (χ4n) is 3.76. The highest BCUT2D eigenvalue weighted by atomic mass is 16.5. The molecule has 1 N–H and O–H groups in total. The van der Waals surface area contributed by atoms with Gasteiger partial charge in [0.05, 0.1) is 18.3 Å². The van der Waals surface area contributed by atoms with Crippen LogP contribution < -0.4 is 0 Å². The molecule has 0 amide bonds. The second-order valence-electron chi connectivity index (χ2n) is 9.05. The lowest BCUT2D eigenvalue weighted by atomic mass is 9.89. The van der Waals surface area contributed by atoms with Gasteiger partial charge < -0.3 is 9.84 Å². The van der Waals surface area contributed by atoms with E-state index < -0.39 is 0 Å². The van der Waals surface area contributed by atoms with Crippen LogP contribution in [0.25, 0.3) is 0 Å². The monoisotopic (exact) mass is 404 g/mol. The molecule has 0 heterocycles. The van der Waals surface area contributed by atoms with Crippen LogP contribution >= 0.6 is 0 Å². The summed E-state index contributed by atoms with van der Waals surface area (Å²) in [5.41, 5.74) is 0.621. The van der Waals surface area contributed by atoms with Gasteiger partial charge in [0, 0.05) is 0 Å². The summed E-state index contributed by atoms with van der Waals surface area (Å²) in [5, 5.41) is 10.4. The number of ether oxygens (including phenoxy) is 1. The van der Waals surface area contributed by atoms with Crippen molar-refractivity contribution in [3.8, 4) is 0 Å². The van der Waals surface area contributed by atoms with E-state index in [0.717, 1.165) is 25.7 Å². The lowest BCUT2D eigenvalue weighted by molar-refractivity contribution is 0.0483. The van der Waals surface area contributed by atoms with E-state index in [2.05, 4.69) is 27.7 Å². The van der Waals surface area contributed by atoms with Crippen LogP contribution in [0, 0.1) is 17.8 Å². The van der Waals surface area contributed by atoms with E-state index in [4.69, 9.17) is 4.74 Å². The number of esters is 1. The molecule has 166 valence electrons. The van der Waals surface area contributed by atoms with Crippen molar-refractivity contribution in [1.29, 1.82) is 0 Å². The molecule has 0 radical (unpaired) electrons. The van der Waals surface area contributed by atoms with E-state index in [1.165, 1.54) is 38.5 Å². The molecule has 0 aliphatic heterocycles. The van der Waals surface area contributed by atoms with Crippen LogP contribution in [0.3, 0.4) is 0 Å². The van der Waals surface area contributed by atoms with E-state index in [1.54, 1.807) is 12.1 Å². The van der Waals surface area contributed by atoms with Crippen LogP contribution in [0.2, 0.25) is 0 Å². The maximum absolute atomic E-state index is 11.9. The van der Waals surface area contributed by atoms with Crippen LogP contribution in [0.4, 0.5) is 0 Å². The smallest absolute Gasteiger partial charge is 0.338 e. The average molecular weight is 405 g/mol. The summed E-state index contributed by atoms with van der Waals surface area (Å²) in [4.78, 5) is 11.9. The molecule has 0 aromatic heterocycles. The number of hydrogen-bond acceptors (Lipinski definition) is 3. The molecule has 0 saturated carbocycles. The first-order valence-corrected chi connectivity index (χ1v) is 11.8.